The fourth-order valence-corrected chi connectivity index (χ4v) is 2.91. The highest BCUT2D eigenvalue weighted by molar-refractivity contribution is 6.09. The van der Waals surface area contributed by atoms with Crippen molar-refractivity contribution in [3.8, 4) is 5.75 Å². The van der Waals surface area contributed by atoms with E-state index in [9.17, 15) is 19.7 Å². The molecule has 0 radical (unpaired) electrons. The second kappa shape index (κ2) is 8.41. The van der Waals surface area contributed by atoms with Crippen molar-refractivity contribution < 1.29 is 19.2 Å². The van der Waals surface area contributed by atoms with Gasteiger partial charge in [0.05, 0.1) is 4.92 Å². The Hall–Kier alpha value is -3.26. The fourth-order valence-electron chi connectivity index (χ4n) is 2.91. The number of piperidine rings is 1. The largest absolute Gasteiger partial charge is 0.413 e. The molecule has 2 aromatic rings. The number of nitro groups is 1. The molecule has 0 atom stereocenters. The van der Waals surface area contributed by atoms with Crippen LogP contribution < -0.4 is 15.4 Å². The van der Waals surface area contributed by atoms with Crippen LogP contribution in [0.4, 0.5) is 10.5 Å². The zero-order chi connectivity index (χ0) is 19.2. The van der Waals surface area contributed by atoms with E-state index in [4.69, 9.17) is 4.74 Å². The van der Waals surface area contributed by atoms with E-state index in [-0.39, 0.29) is 23.1 Å². The van der Waals surface area contributed by atoms with Crippen molar-refractivity contribution in [1.82, 2.24) is 10.6 Å². The SMILES string of the molecule is O=C(NC1CCNCC1)Oc1ccc(C(=O)c2ccccc2)cc1[N+](=O)[O-]. The van der Waals surface area contributed by atoms with Crippen LogP contribution in [0.15, 0.2) is 48.5 Å². The summed E-state index contributed by atoms with van der Waals surface area (Å²) in [6.07, 6.45) is 0.788. The second-order valence-electron chi connectivity index (χ2n) is 6.19. The van der Waals surface area contributed by atoms with Gasteiger partial charge in [-0.2, -0.15) is 0 Å². The zero-order valence-electron chi connectivity index (χ0n) is 14.5. The lowest BCUT2D eigenvalue weighted by atomic mass is 10.0. The number of nitrogens with zero attached hydrogens (tertiary/aromatic N) is 1. The summed E-state index contributed by atoms with van der Waals surface area (Å²) in [5.41, 5.74) is 0.139. The van der Waals surface area contributed by atoms with Crippen molar-refractivity contribution in [3.05, 3.63) is 69.8 Å². The van der Waals surface area contributed by atoms with Gasteiger partial charge in [-0.15, -0.1) is 0 Å². The number of benzene rings is 2. The van der Waals surface area contributed by atoms with Gasteiger partial charge in [0.1, 0.15) is 0 Å². The lowest BCUT2D eigenvalue weighted by molar-refractivity contribution is -0.385. The average molecular weight is 369 g/mol. The van der Waals surface area contributed by atoms with Crippen LogP contribution in [0.1, 0.15) is 28.8 Å². The van der Waals surface area contributed by atoms with Gasteiger partial charge in [0.25, 0.3) is 0 Å². The van der Waals surface area contributed by atoms with Gasteiger partial charge >= 0.3 is 11.8 Å². The number of ether oxygens (including phenoxy) is 1. The van der Waals surface area contributed by atoms with Crippen molar-refractivity contribution in [2.45, 2.75) is 18.9 Å². The lowest BCUT2D eigenvalue weighted by Crippen LogP contribution is -2.43. The molecule has 1 amide bonds. The van der Waals surface area contributed by atoms with E-state index in [0.717, 1.165) is 32.0 Å². The third kappa shape index (κ3) is 4.68. The van der Waals surface area contributed by atoms with Gasteiger partial charge in [0, 0.05) is 23.2 Å². The topological polar surface area (TPSA) is 111 Å². The minimum atomic E-state index is -0.743. The molecule has 0 bridgehead atoms. The van der Waals surface area contributed by atoms with Crippen molar-refractivity contribution in [1.29, 1.82) is 0 Å². The van der Waals surface area contributed by atoms with Gasteiger partial charge in [-0.1, -0.05) is 30.3 Å². The Morgan fingerprint density at radius 3 is 2.44 bits per heavy atom. The number of carbonyl (C=O) groups is 2. The van der Waals surface area contributed by atoms with Gasteiger partial charge < -0.3 is 15.4 Å². The van der Waals surface area contributed by atoms with Crippen LogP contribution in [0.2, 0.25) is 0 Å². The first-order chi connectivity index (χ1) is 13.0. The predicted octanol–water partition coefficient (Wildman–Crippen LogP) is 2.67. The van der Waals surface area contributed by atoms with Crippen LogP contribution in [0.5, 0.6) is 5.75 Å². The maximum Gasteiger partial charge on any atom is 0.413 e. The lowest BCUT2D eigenvalue weighted by Gasteiger charge is -2.23. The molecule has 0 aliphatic carbocycles. The minimum Gasteiger partial charge on any atom is -0.403 e. The van der Waals surface area contributed by atoms with Gasteiger partial charge in [0.15, 0.2) is 5.78 Å². The predicted molar refractivity (Wildman–Crippen MR) is 98.0 cm³/mol. The summed E-state index contributed by atoms with van der Waals surface area (Å²) >= 11 is 0. The Bertz CT molecular complexity index is 848. The van der Waals surface area contributed by atoms with Crippen molar-refractivity contribution >= 4 is 17.6 Å². The molecule has 8 heteroatoms. The van der Waals surface area contributed by atoms with Crippen molar-refractivity contribution in [3.63, 3.8) is 0 Å². The Balaban J connectivity index is 1.76. The highest BCUT2D eigenvalue weighted by Gasteiger charge is 2.23. The molecule has 2 aromatic carbocycles. The molecule has 0 spiro atoms. The normalized spacial score (nSPS) is 14.4. The van der Waals surface area contributed by atoms with Gasteiger partial charge in [0.2, 0.25) is 5.75 Å². The third-order valence-electron chi connectivity index (χ3n) is 4.32. The quantitative estimate of drug-likeness (QED) is 0.476. The first kappa shape index (κ1) is 18.5. The highest BCUT2D eigenvalue weighted by atomic mass is 16.6. The van der Waals surface area contributed by atoms with E-state index in [1.807, 2.05) is 0 Å². The van der Waals surface area contributed by atoms with E-state index in [2.05, 4.69) is 10.6 Å². The molecule has 140 valence electrons. The second-order valence-corrected chi connectivity index (χ2v) is 6.19. The van der Waals surface area contributed by atoms with E-state index in [0.29, 0.717) is 5.56 Å². The summed E-state index contributed by atoms with van der Waals surface area (Å²) in [6.45, 7) is 1.59. The number of hydrogen-bond donors (Lipinski definition) is 2. The van der Waals surface area contributed by atoms with E-state index in [1.54, 1.807) is 30.3 Å². The number of amides is 1. The summed E-state index contributed by atoms with van der Waals surface area (Å²) in [5.74, 6) is -0.541. The summed E-state index contributed by atoms with van der Waals surface area (Å²) in [5, 5.41) is 17.3. The standard InChI is InChI=1S/C19H19N3O5/c23-18(13-4-2-1-3-5-13)14-6-7-17(16(12-14)22(25)26)27-19(24)21-15-8-10-20-11-9-15/h1-7,12,15,20H,8-11H2,(H,21,24). The Morgan fingerprint density at radius 1 is 1.07 bits per heavy atom. The monoisotopic (exact) mass is 369 g/mol. The Labute approximate surface area is 155 Å². The van der Waals surface area contributed by atoms with E-state index < -0.39 is 16.7 Å². The smallest absolute Gasteiger partial charge is 0.403 e. The molecule has 27 heavy (non-hydrogen) atoms. The van der Waals surface area contributed by atoms with E-state index >= 15 is 0 Å². The number of nitrogens with one attached hydrogen (secondary N) is 2. The minimum absolute atomic E-state index is 0.0308. The number of hydrogen-bond acceptors (Lipinski definition) is 6. The summed E-state index contributed by atoms with van der Waals surface area (Å²) < 4.78 is 5.13. The maximum absolute atomic E-state index is 12.5. The Morgan fingerprint density at radius 2 is 1.78 bits per heavy atom. The number of rotatable bonds is 5. The van der Waals surface area contributed by atoms with Gasteiger partial charge in [-0.05, 0) is 38.1 Å². The first-order valence-electron chi connectivity index (χ1n) is 8.62. The summed E-state index contributed by atoms with van der Waals surface area (Å²) in [4.78, 5) is 35.2. The molecule has 0 unspecified atom stereocenters. The molecular weight excluding hydrogens is 350 g/mol. The molecule has 0 saturated carbocycles. The highest BCUT2D eigenvalue weighted by Crippen LogP contribution is 2.29. The molecule has 1 saturated heterocycles. The number of carbonyl (C=O) groups excluding carboxylic acids is 2. The van der Waals surface area contributed by atoms with Crippen molar-refractivity contribution in [2.24, 2.45) is 0 Å². The summed E-state index contributed by atoms with van der Waals surface area (Å²) in [6, 6.07) is 12.2. The molecule has 1 fully saturated rings. The molecule has 0 aromatic heterocycles. The van der Waals surface area contributed by atoms with Gasteiger partial charge in [-0.25, -0.2) is 4.79 Å². The van der Waals surface area contributed by atoms with E-state index in [1.165, 1.54) is 12.1 Å². The van der Waals surface area contributed by atoms with Gasteiger partial charge in [-0.3, -0.25) is 14.9 Å². The molecule has 2 N–H and O–H groups in total. The Kier molecular flexibility index (Phi) is 5.77. The number of nitro benzene ring substituents is 1. The fraction of sp³-hybridized carbons (Fsp3) is 0.263. The number of ketones is 1. The third-order valence-corrected chi connectivity index (χ3v) is 4.32. The molecule has 1 heterocycles. The molecule has 1 aliphatic rings. The maximum atomic E-state index is 12.5. The van der Waals surface area contributed by atoms with Crippen LogP contribution >= 0.6 is 0 Å². The van der Waals surface area contributed by atoms with Crippen LogP contribution in [0.25, 0.3) is 0 Å². The molecule has 3 rings (SSSR count). The summed E-state index contributed by atoms with van der Waals surface area (Å²) in [7, 11) is 0. The zero-order valence-corrected chi connectivity index (χ0v) is 14.5. The van der Waals surface area contributed by atoms with Crippen LogP contribution in [-0.4, -0.2) is 35.9 Å². The van der Waals surface area contributed by atoms with Crippen molar-refractivity contribution in [2.75, 3.05) is 13.1 Å². The molecule has 8 nitrogen and oxygen atoms in total. The van der Waals surface area contributed by atoms with Crippen LogP contribution in [0, 0.1) is 10.1 Å². The first-order valence-corrected chi connectivity index (χ1v) is 8.62. The molecule has 1 aliphatic heterocycles. The van der Waals surface area contributed by atoms with Crippen LogP contribution in [0.3, 0.4) is 0 Å². The molecular formula is C19H19N3O5. The van der Waals surface area contributed by atoms with Crippen LogP contribution in [-0.2, 0) is 0 Å². The average Bonchev–Trinajstić information content (AvgIpc) is 2.69.